The van der Waals surface area contributed by atoms with Gasteiger partial charge in [0.1, 0.15) is 0 Å². The molecule has 2 aliphatic heterocycles. The minimum atomic E-state index is -4.47. The van der Waals surface area contributed by atoms with Crippen molar-refractivity contribution in [3.8, 4) is 11.3 Å². The average molecular weight is 642 g/mol. The van der Waals surface area contributed by atoms with Crippen LogP contribution in [-0.2, 0) is 19.3 Å². The van der Waals surface area contributed by atoms with Crippen LogP contribution < -0.4 is 15.5 Å². The lowest BCUT2D eigenvalue weighted by Crippen LogP contribution is -2.29. The van der Waals surface area contributed by atoms with Crippen LogP contribution in [0.1, 0.15) is 69.5 Å². The molecule has 2 aliphatic rings. The standard InChI is InChI=1S/C37H38F3N5O2/c38-37(39,40)30-11-7-8-26(21-30)24-42-35(46)29-14-15-41-34(22-29)32-23-31(45-18-2-1-3-19-45)12-13-33(32)43-36(47)28-10-6-9-27(20-28)25-44-16-4-5-17-44/h6-15,20-23H,1-5,16-19,24-25H2,(H,42,46)(H,43,47). The van der Waals surface area contributed by atoms with E-state index >= 15 is 0 Å². The SMILES string of the molecule is O=C(NCc1cccc(C(F)(F)F)c1)c1ccnc(-c2cc(N3CCCCC3)ccc2NC(=O)c2cccc(CN3CCCC3)c2)c1. The van der Waals surface area contributed by atoms with Gasteiger partial charge in [0.15, 0.2) is 0 Å². The van der Waals surface area contributed by atoms with Crippen LogP contribution in [-0.4, -0.2) is 47.9 Å². The maximum Gasteiger partial charge on any atom is 0.416 e. The van der Waals surface area contributed by atoms with Crippen LogP contribution in [0.4, 0.5) is 24.5 Å². The van der Waals surface area contributed by atoms with E-state index in [-0.39, 0.29) is 12.5 Å². The quantitative estimate of drug-likeness (QED) is 0.198. The van der Waals surface area contributed by atoms with E-state index in [1.807, 2.05) is 36.4 Å². The van der Waals surface area contributed by atoms with Gasteiger partial charge in [-0.05, 0) is 111 Å². The van der Waals surface area contributed by atoms with Crippen LogP contribution in [0.3, 0.4) is 0 Å². The summed E-state index contributed by atoms with van der Waals surface area (Å²) < 4.78 is 39.5. The number of rotatable bonds is 9. The Balaban J connectivity index is 1.24. The zero-order chi connectivity index (χ0) is 32.8. The molecule has 7 nitrogen and oxygen atoms in total. The third-order valence-electron chi connectivity index (χ3n) is 8.77. The number of nitrogens with one attached hydrogen (secondary N) is 2. The van der Waals surface area contributed by atoms with Gasteiger partial charge in [0, 0.05) is 54.8 Å². The summed E-state index contributed by atoms with van der Waals surface area (Å²) in [5.41, 5.74) is 4.26. The summed E-state index contributed by atoms with van der Waals surface area (Å²) in [7, 11) is 0. The number of halogens is 3. The number of likely N-dealkylation sites (tertiary alicyclic amines) is 1. The fourth-order valence-corrected chi connectivity index (χ4v) is 6.27. The smallest absolute Gasteiger partial charge is 0.372 e. The fourth-order valence-electron chi connectivity index (χ4n) is 6.27. The van der Waals surface area contributed by atoms with E-state index in [2.05, 4.69) is 25.4 Å². The summed E-state index contributed by atoms with van der Waals surface area (Å²) >= 11 is 0. The summed E-state index contributed by atoms with van der Waals surface area (Å²) in [6.07, 6.45) is 2.84. The van der Waals surface area contributed by atoms with Gasteiger partial charge in [0.05, 0.1) is 16.9 Å². The maximum atomic E-state index is 13.6. The minimum Gasteiger partial charge on any atom is -0.372 e. The van der Waals surface area contributed by atoms with E-state index < -0.39 is 17.6 Å². The molecule has 47 heavy (non-hydrogen) atoms. The molecule has 0 radical (unpaired) electrons. The number of anilines is 2. The predicted molar refractivity (Wildman–Crippen MR) is 177 cm³/mol. The Morgan fingerprint density at radius 2 is 1.47 bits per heavy atom. The number of nitrogens with zero attached hydrogens (tertiary/aromatic N) is 3. The number of alkyl halides is 3. The Hall–Kier alpha value is -4.70. The van der Waals surface area contributed by atoms with E-state index in [1.165, 1.54) is 37.6 Å². The molecule has 0 aliphatic carbocycles. The van der Waals surface area contributed by atoms with Crippen LogP contribution in [0.25, 0.3) is 11.3 Å². The molecule has 10 heteroatoms. The van der Waals surface area contributed by atoms with Gasteiger partial charge in [0.25, 0.3) is 11.8 Å². The second-order valence-electron chi connectivity index (χ2n) is 12.2. The maximum absolute atomic E-state index is 13.6. The van der Waals surface area contributed by atoms with Crippen LogP contribution in [0.15, 0.2) is 85.1 Å². The number of aromatic nitrogens is 1. The van der Waals surface area contributed by atoms with E-state index in [0.717, 1.165) is 68.9 Å². The van der Waals surface area contributed by atoms with Crippen molar-refractivity contribution in [2.24, 2.45) is 0 Å². The first-order chi connectivity index (χ1) is 22.7. The van der Waals surface area contributed by atoms with Gasteiger partial charge >= 0.3 is 6.18 Å². The van der Waals surface area contributed by atoms with E-state index in [9.17, 15) is 22.8 Å². The number of carbonyl (C=O) groups excluding carboxylic acids is 2. The Morgan fingerprint density at radius 3 is 2.26 bits per heavy atom. The van der Waals surface area contributed by atoms with E-state index in [0.29, 0.717) is 33.6 Å². The third kappa shape index (κ3) is 8.18. The van der Waals surface area contributed by atoms with Gasteiger partial charge in [-0.15, -0.1) is 0 Å². The molecular weight excluding hydrogens is 603 g/mol. The van der Waals surface area contributed by atoms with Crippen molar-refractivity contribution in [1.82, 2.24) is 15.2 Å². The first-order valence-corrected chi connectivity index (χ1v) is 16.2. The summed E-state index contributed by atoms with van der Waals surface area (Å²) in [5, 5.41) is 5.81. The first kappa shape index (κ1) is 32.2. The van der Waals surface area contributed by atoms with Gasteiger partial charge < -0.3 is 15.5 Å². The molecule has 0 unspecified atom stereocenters. The van der Waals surface area contributed by atoms with Crippen LogP contribution in [0.2, 0.25) is 0 Å². The van der Waals surface area contributed by atoms with Crippen molar-refractivity contribution >= 4 is 23.2 Å². The number of piperidine rings is 1. The van der Waals surface area contributed by atoms with Gasteiger partial charge in [-0.1, -0.05) is 24.3 Å². The molecule has 3 heterocycles. The lowest BCUT2D eigenvalue weighted by atomic mass is 10.0. The van der Waals surface area contributed by atoms with Crippen LogP contribution in [0.5, 0.6) is 0 Å². The van der Waals surface area contributed by atoms with Gasteiger partial charge in [-0.25, -0.2) is 0 Å². The third-order valence-corrected chi connectivity index (χ3v) is 8.77. The van der Waals surface area contributed by atoms with Gasteiger partial charge in [-0.3, -0.25) is 19.5 Å². The van der Waals surface area contributed by atoms with Crippen molar-refractivity contribution in [3.63, 3.8) is 0 Å². The Bertz CT molecular complexity index is 1730. The molecule has 3 aromatic carbocycles. The molecule has 2 fully saturated rings. The Kier molecular flexibility index (Phi) is 9.87. The van der Waals surface area contributed by atoms with E-state index in [4.69, 9.17) is 0 Å². The van der Waals surface area contributed by atoms with Crippen molar-refractivity contribution in [3.05, 3.63) is 113 Å². The van der Waals surface area contributed by atoms with E-state index in [1.54, 1.807) is 18.2 Å². The van der Waals surface area contributed by atoms with Gasteiger partial charge in [0.2, 0.25) is 0 Å². The Morgan fingerprint density at radius 1 is 0.745 bits per heavy atom. The van der Waals surface area contributed by atoms with Crippen molar-refractivity contribution in [2.75, 3.05) is 36.4 Å². The molecule has 0 saturated carbocycles. The molecule has 4 aromatic rings. The number of hydrogen-bond acceptors (Lipinski definition) is 5. The highest BCUT2D eigenvalue weighted by Gasteiger charge is 2.30. The first-order valence-electron chi connectivity index (χ1n) is 16.2. The summed E-state index contributed by atoms with van der Waals surface area (Å²) in [4.78, 5) is 36.0. The zero-order valence-electron chi connectivity index (χ0n) is 26.2. The molecular formula is C37H38F3N5O2. The van der Waals surface area contributed by atoms with Gasteiger partial charge in [-0.2, -0.15) is 13.2 Å². The highest BCUT2D eigenvalue weighted by Crippen LogP contribution is 2.33. The molecule has 0 bridgehead atoms. The van der Waals surface area contributed by atoms with Crippen molar-refractivity contribution < 1.29 is 22.8 Å². The molecule has 244 valence electrons. The number of amides is 2. The largest absolute Gasteiger partial charge is 0.416 e. The lowest BCUT2D eigenvalue weighted by molar-refractivity contribution is -0.137. The molecule has 0 atom stereocenters. The molecule has 2 saturated heterocycles. The molecule has 2 amide bonds. The molecule has 6 rings (SSSR count). The predicted octanol–water partition coefficient (Wildman–Crippen LogP) is 7.54. The number of hydrogen-bond donors (Lipinski definition) is 2. The number of benzene rings is 3. The topological polar surface area (TPSA) is 77.6 Å². The minimum absolute atomic E-state index is 0.0665. The second kappa shape index (κ2) is 14.4. The zero-order valence-corrected chi connectivity index (χ0v) is 26.2. The summed E-state index contributed by atoms with van der Waals surface area (Å²) in [6, 6.07) is 21.7. The van der Waals surface area contributed by atoms with Crippen molar-refractivity contribution in [2.45, 2.75) is 51.4 Å². The highest BCUT2D eigenvalue weighted by molar-refractivity contribution is 6.06. The van der Waals surface area contributed by atoms with Crippen LogP contribution in [0, 0.1) is 0 Å². The van der Waals surface area contributed by atoms with Crippen LogP contribution >= 0.6 is 0 Å². The molecule has 1 aromatic heterocycles. The highest BCUT2D eigenvalue weighted by atomic mass is 19.4. The monoisotopic (exact) mass is 641 g/mol. The average Bonchev–Trinajstić information content (AvgIpc) is 3.61. The second-order valence-corrected chi connectivity index (χ2v) is 12.2. The summed E-state index contributed by atoms with van der Waals surface area (Å²) in [6.45, 7) is 4.74. The lowest BCUT2D eigenvalue weighted by Gasteiger charge is -2.29. The Labute approximate surface area is 272 Å². The number of carbonyl (C=O) groups is 2. The normalized spacial score (nSPS) is 15.4. The molecule has 2 N–H and O–H groups in total. The molecule has 0 spiro atoms. The van der Waals surface area contributed by atoms with Crippen molar-refractivity contribution in [1.29, 1.82) is 0 Å². The summed E-state index contributed by atoms with van der Waals surface area (Å²) in [5.74, 6) is -0.686. The fraction of sp³-hybridized carbons (Fsp3) is 0.324. The number of pyridine rings is 1.